The highest BCUT2D eigenvalue weighted by atomic mass is 32.2. The van der Waals surface area contributed by atoms with Gasteiger partial charge in [0.25, 0.3) is 0 Å². The molecule has 22 heavy (non-hydrogen) atoms. The maximum Gasteiger partial charge on any atom is 0.309 e. The maximum absolute atomic E-state index is 12.2. The van der Waals surface area contributed by atoms with Crippen LogP contribution in [0.5, 0.6) is 0 Å². The molecule has 2 fully saturated rings. The van der Waals surface area contributed by atoms with Crippen molar-refractivity contribution in [1.82, 2.24) is 0 Å². The molecular formula is C17H22O4S. The van der Waals surface area contributed by atoms with E-state index in [4.69, 9.17) is 4.74 Å². The number of ether oxygens (including phenoxy) is 1. The summed E-state index contributed by atoms with van der Waals surface area (Å²) in [5, 5.41) is 0. The van der Waals surface area contributed by atoms with E-state index in [1.54, 1.807) is 0 Å². The largest absolute Gasteiger partial charge is 0.461 e. The Bertz CT molecular complexity index is 615. The Hall–Kier alpha value is -1.36. The molecule has 1 saturated heterocycles. The molecule has 1 aromatic carbocycles. The summed E-state index contributed by atoms with van der Waals surface area (Å²) in [6.07, 6.45) is 3.67. The van der Waals surface area contributed by atoms with Gasteiger partial charge in [-0.3, -0.25) is 4.79 Å². The Balaban J connectivity index is 1.50. The fraction of sp³-hybridized carbons (Fsp3) is 0.588. The first kappa shape index (κ1) is 15.5. The van der Waals surface area contributed by atoms with Gasteiger partial charge in [-0.15, -0.1) is 0 Å². The molecule has 0 unspecified atom stereocenters. The smallest absolute Gasteiger partial charge is 0.309 e. The summed E-state index contributed by atoms with van der Waals surface area (Å²) in [7, 11) is -2.99. The van der Waals surface area contributed by atoms with Gasteiger partial charge in [-0.05, 0) is 43.6 Å². The highest BCUT2D eigenvalue weighted by Gasteiger charge is 2.34. The van der Waals surface area contributed by atoms with Crippen molar-refractivity contribution < 1.29 is 17.9 Å². The van der Waals surface area contributed by atoms with E-state index >= 15 is 0 Å². The second-order valence-electron chi connectivity index (χ2n) is 6.42. The molecule has 0 spiro atoms. The predicted molar refractivity (Wildman–Crippen MR) is 84.3 cm³/mol. The topological polar surface area (TPSA) is 60.4 Å². The highest BCUT2D eigenvalue weighted by Crippen LogP contribution is 2.36. The van der Waals surface area contributed by atoms with E-state index in [-0.39, 0.29) is 23.4 Å². The lowest BCUT2D eigenvalue weighted by atomic mass is 9.79. The van der Waals surface area contributed by atoms with Crippen LogP contribution in [0.3, 0.4) is 0 Å². The quantitative estimate of drug-likeness (QED) is 0.803. The zero-order chi connectivity index (χ0) is 15.6. The third-order valence-corrected chi connectivity index (χ3v) is 6.54. The second kappa shape index (κ2) is 6.41. The van der Waals surface area contributed by atoms with Gasteiger partial charge in [0.1, 0.15) is 6.10 Å². The molecule has 1 aromatic rings. The van der Waals surface area contributed by atoms with Crippen molar-refractivity contribution in [3.63, 3.8) is 0 Å². The predicted octanol–water partition coefficient (Wildman–Crippen LogP) is 2.69. The average molecular weight is 322 g/mol. The fourth-order valence-electron chi connectivity index (χ4n) is 3.50. The molecule has 5 heteroatoms. The Morgan fingerprint density at radius 1 is 1.00 bits per heavy atom. The van der Waals surface area contributed by atoms with Gasteiger partial charge in [-0.1, -0.05) is 30.3 Å². The van der Waals surface area contributed by atoms with E-state index < -0.39 is 15.9 Å². The zero-order valence-corrected chi connectivity index (χ0v) is 13.4. The van der Waals surface area contributed by atoms with Crippen LogP contribution in [-0.4, -0.2) is 32.0 Å². The Morgan fingerprint density at radius 3 is 2.27 bits per heavy atom. The standard InChI is InChI=1S/C17H22O4S/c18-17(21-16-10-11-22(19,20)12-16)15-8-6-14(7-9-15)13-4-2-1-3-5-13/h1-5,14-16H,6-12H2/t14?,15?,16-/m1/s1. The molecule has 1 atom stereocenters. The van der Waals surface area contributed by atoms with E-state index in [1.165, 1.54) is 5.56 Å². The number of carbonyl (C=O) groups excluding carboxylic acids is 1. The Morgan fingerprint density at radius 2 is 1.68 bits per heavy atom. The van der Waals surface area contributed by atoms with Crippen LogP contribution in [0, 0.1) is 5.92 Å². The van der Waals surface area contributed by atoms with Crippen LogP contribution >= 0.6 is 0 Å². The van der Waals surface area contributed by atoms with Crippen molar-refractivity contribution in [2.45, 2.75) is 44.1 Å². The van der Waals surface area contributed by atoms with Gasteiger partial charge in [-0.2, -0.15) is 0 Å². The molecule has 0 aromatic heterocycles. The molecule has 120 valence electrons. The average Bonchev–Trinajstić information content (AvgIpc) is 2.87. The summed E-state index contributed by atoms with van der Waals surface area (Å²) in [4.78, 5) is 12.2. The molecule has 1 aliphatic carbocycles. The summed E-state index contributed by atoms with van der Waals surface area (Å²) in [6, 6.07) is 10.4. The van der Waals surface area contributed by atoms with Crippen LogP contribution in [0.25, 0.3) is 0 Å². The molecule has 2 aliphatic rings. The number of benzene rings is 1. The normalized spacial score (nSPS) is 30.8. The van der Waals surface area contributed by atoms with Crippen molar-refractivity contribution in [3.8, 4) is 0 Å². The molecule has 4 nitrogen and oxygen atoms in total. The maximum atomic E-state index is 12.2. The monoisotopic (exact) mass is 322 g/mol. The van der Waals surface area contributed by atoms with E-state index in [1.807, 2.05) is 6.07 Å². The van der Waals surface area contributed by atoms with Crippen molar-refractivity contribution in [2.24, 2.45) is 5.92 Å². The highest BCUT2D eigenvalue weighted by molar-refractivity contribution is 7.91. The van der Waals surface area contributed by atoms with Gasteiger partial charge in [0, 0.05) is 0 Å². The second-order valence-corrected chi connectivity index (χ2v) is 8.65. The first-order valence-electron chi connectivity index (χ1n) is 7.99. The first-order chi connectivity index (χ1) is 10.5. The molecule has 1 aliphatic heterocycles. The van der Waals surface area contributed by atoms with E-state index in [2.05, 4.69) is 24.3 Å². The lowest BCUT2D eigenvalue weighted by molar-refractivity contribution is -0.154. The molecule has 1 heterocycles. The van der Waals surface area contributed by atoms with Crippen LogP contribution < -0.4 is 0 Å². The minimum absolute atomic E-state index is 0.00188. The van der Waals surface area contributed by atoms with Crippen molar-refractivity contribution in [2.75, 3.05) is 11.5 Å². The van der Waals surface area contributed by atoms with Crippen molar-refractivity contribution in [3.05, 3.63) is 35.9 Å². The lowest BCUT2D eigenvalue weighted by Gasteiger charge is -2.28. The number of rotatable bonds is 3. The molecular weight excluding hydrogens is 300 g/mol. The number of esters is 1. The van der Waals surface area contributed by atoms with Gasteiger partial charge in [0.05, 0.1) is 17.4 Å². The summed E-state index contributed by atoms with van der Waals surface area (Å²) in [6.45, 7) is 0. The van der Waals surface area contributed by atoms with Gasteiger partial charge in [-0.25, -0.2) is 8.42 Å². The van der Waals surface area contributed by atoms with Crippen LogP contribution in [0.1, 0.15) is 43.6 Å². The van der Waals surface area contributed by atoms with Gasteiger partial charge >= 0.3 is 5.97 Å². The van der Waals surface area contributed by atoms with Crippen molar-refractivity contribution in [1.29, 1.82) is 0 Å². The number of sulfone groups is 1. The summed E-state index contributed by atoms with van der Waals surface area (Å²) in [5.74, 6) is 0.401. The van der Waals surface area contributed by atoms with Crippen LogP contribution in [0.15, 0.2) is 30.3 Å². The molecule has 0 amide bonds. The SMILES string of the molecule is O=C(O[C@@H]1CCS(=O)(=O)C1)C1CCC(c2ccccc2)CC1. The first-order valence-corrected chi connectivity index (χ1v) is 9.81. The van der Waals surface area contributed by atoms with Gasteiger partial charge in [0.15, 0.2) is 9.84 Å². The van der Waals surface area contributed by atoms with Gasteiger partial charge < -0.3 is 4.74 Å². The summed E-state index contributed by atoms with van der Waals surface area (Å²) >= 11 is 0. The molecule has 3 rings (SSSR count). The van der Waals surface area contributed by atoms with Gasteiger partial charge in [0.2, 0.25) is 0 Å². The zero-order valence-electron chi connectivity index (χ0n) is 12.6. The van der Waals surface area contributed by atoms with Crippen LogP contribution in [0.4, 0.5) is 0 Å². The molecule has 1 saturated carbocycles. The number of carbonyl (C=O) groups is 1. The van der Waals surface area contributed by atoms with Crippen LogP contribution in [0.2, 0.25) is 0 Å². The minimum atomic E-state index is -2.99. The summed E-state index contributed by atoms with van der Waals surface area (Å²) in [5.41, 5.74) is 1.34. The lowest BCUT2D eigenvalue weighted by Crippen LogP contribution is -2.27. The third kappa shape index (κ3) is 3.69. The molecule has 0 radical (unpaired) electrons. The van der Waals surface area contributed by atoms with E-state index in [0.29, 0.717) is 12.3 Å². The van der Waals surface area contributed by atoms with E-state index in [0.717, 1.165) is 25.7 Å². The minimum Gasteiger partial charge on any atom is -0.461 e. The fourth-order valence-corrected chi connectivity index (χ4v) is 5.09. The Labute approximate surface area is 131 Å². The number of hydrogen-bond acceptors (Lipinski definition) is 4. The van der Waals surface area contributed by atoms with E-state index in [9.17, 15) is 13.2 Å². The molecule has 0 bridgehead atoms. The number of hydrogen-bond donors (Lipinski definition) is 0. The molecule has 0 N–H and O–H groups in total. The van der Waals surface area contributed by atoms with Crippen molar-refractivity contribution >= 4 is 15.8 Å². The van der Waals surface area contributed by atoms with Crippen LogP contribution in [-0.2, 0) is 19.4 Å². The third-order valence-electron chi connectivity index (χ3n) is 4.80. The summed E-state index contributed by atoms with van der Waals surface area (Å²) < 4.78 is 28.2. The Kier molecular flexibility index (Phi) is 4.52.